The van der Waals surface area contributed by atoms with E-state index in [1.165, 1.54) is 6.20 Å². The first-order chi connectivity index (χ1) is 15.0. The van der Waals surface area contributed by atoms with E-state index in [4.69, 9.17) is 14.4 Å². The number of carbonyl (C=O) groups is 3. The summed E-state index contributed by atoms with van der Waals surface area (Å²) in [5, 5.41) is 14.0. The Morgan fingerprint density at radius 1 is 1.28 bits per heavy atom. The quantitative estimate of drug-likeness (QED) is 0.713. The van der Waals surface area contributed by atoms with E-state index in [9.17, 15) is 22.8 Å². The summed E-state index contributed by atoms with van der Waals surface area (Å²) in [7, 11) is 0. The number of aromatic nitrogens is 2. The fourth-order valence-corrected chi connectivity index (χ4v) is 4.07. The van der Waals surface area contributed by atoms with Gasteiger partial charge in [-0.3, -0.25) is 14.6 Å². The van der Waals surface area contributed by atoms with Crippen LogP contribution in [0.3, 0.4) is 0 Å². The van der Waals surface area contributed by atoms with Gasteiger partial charge in [0.25, 0.3) is 5.91 Å². The number of aryl methyl sites for hydroxylation is 1. The lowest BCUT2D eigenvalue weighted by atomic mass is 9.74. The van der Waals surface area contributed by atoms with Crippen LogP contribution in [0.2, 0.25) is 0 Å². The number of nitrogens with one attached hydrogen (secondary N) is 1. The summed E-state index contributed by atoms with van der Waals surface area (Å²) in [6.07, 6.45) is 1.90. The lowest BCUT2D eigenvalue weighted by Gasteiger charge is -2.42. The molecule has 0 aliphatic carbocycles. The zero-order chi connectivity index (χ0) is 23.5. The van der Waals surface area contributed by atoms with Gasteiger partial charge in [-0.2, -0.15) is 13.2 Å². The number of rotatable bonds is 2. The summed E-state index contributed by atoms with van der Waals surface area (Å²) in [6.45, 7) is 2.93. The number of halogens is 3. The van der Waals surface area contributed by atoms with Crippen molar-refractivity contribution in [2.45, 2.75) is 43.8 Å². The van der Waals surface area contributed by atoms with E-state index < -0.39 is 12.1 Å². The van der Waals surface area contributed by atoms with Crippen LogP contribution < -0.4 is 5.32 Å². The van der Waals surface area contributed by atoms with Gasteiger partial charge in [0.15, 0.2) is 0 Å². The van der Waals surface area contributed by atoms with Gasteiger partial charge in [0.1, 0.15) is 11.3 Å². The number of aliphatic carboxylic acids is 1. The lowest BCUT2D eigenvalue weighted by Crippen LogP contribution is -2.54. The Hall–Kier alpha value is -3.44. The van der Waals surface area contributed by atoms with Crippen molar-refractivity contribution in [1.82, 2.24) is 20.4 Å². The smallest absolute Gasteiger partial charge is 0.475 e. The van der Waals surface area contributed by atoms with E-state index in [0.29, 0.717) is 30.8 Å². The monoisotopic (exact) mass is 454 g/mol. The van der Waals surface area contributed by atoms with E-state index in [-0.39, 0.29) is 23.3 Å². The van der Waals surface area contributed by atoms with Crippen LogP contribution in [0.25, 0.3) is 0 Å². The highest BCUT2D eigenvalue weighted by molar-refractivity contribution is 5.95. The fraction of sp³-hybridized carbons (Fsp3) is 0.450. The van der Waals surface area contributed by atoms with Gasteiger partial charge in [0.2, 0.25) is 5.91 Å². The van der Waals surface area contributed by atoms with Gasteiger partial charge in [-0.05, 0) is 31.4 Å². The van der Waals surface area contributed by atoms with Crippen molar-refractivity contribution < 1.29 is 37.2 Å². The molecule has 0 saturated carbocycles. The van der Waals surface area contributed by atoms with E-state index in [1.54, 1.807) is 13.1 Å². The highest BCUT2D eigenvalue weighted by Gasteiger charge is 2.49. The molecule has 172 valence electrons. The van der Waals surface area contributed by atoms with Crippen LogP contribution in [0.5, 0.6) is 0 Å². The minimum absolute atomic E-state index is 0.0594. The molecule has 2 aromatic rings. The molecular formula is C20H21F3N4O5. The van der Waals surface area contributed by atoms with Crippen LogP contribution in [0.4, 0.5) is 13.2 Å². The molecule has 4 heterocycles. The first kappa shape index (κ1) is 23.2. The summed E-state index contributed by atoms with van der Waals surface area (Å²) >= 11 is 0. The third kappa shape index (κ3) is 4.89. The maximum atomic E-state index is 12.6. The number of hydrogen-bond donors (Lipinski definition) is 2. The highest BCUT2D eigenvalue weighted by atomic mass is 19.4. The molecule has 12 heteroatoms. The number of pyridine rings is 1. The van der Waals surface area contributed by atoms with Crippen LogP contribution in [0, 0.1) is 6.92 Å². The number of alkyl halides is 3. The second kappa shape index (κ2) is 8.97. The van der Waals surface area contributed by atoms with Crippen LogP contribution >= 0.6 is 0 Å². The Morgan fingerprint density at radius 2 is 1.94 bits per heavy atom. The fourth-order valence-electron chi connectivity index (χ4n) is 4.07. The third-order valence-corrected chi connectivity index (χ3v) is 5.70. The SMILES string of the molecule is Cc1oncc1C(=O)N1CCC2(CC1)NC(=O)CC2c1cccnc1.O=C(O)C(F)(F)F. The molecular weight excluding hydrogens is 433 g/mol. The van der Waals surface area contributed by atoms with Crippen molar-refractivity contribution in [3.63, 3.8) is 0 Å². The first-order valence-electron chi connectivity index (χ1n) is 9.75. The Labute approximate surface area is 180 Å². The van der Waals surface area contributed by atoms with Crippen molar-refractivity contribution in [2.75, 3.05) is 13.1 Å². The standard InChI is InChI=1S/C18H20N4O3.C2HF3O2/c1-12-14(11-20-25-12)17(24)22-7-4-18(5-8-22)15(9-16(23)21-18)13-3-2-6-19-10-13;3-2(4,5)1(6)7/h2-3,6,10-11,15H,4-5,7-9H2,1H3,(H,21,23);(H,6,7). The minimum atomic E-state index is -5.08. The van der Waals surface area contributed by atoms with Gasteiger partial charge >= 0.3 is 12.1 Å². The molecule has 1 atom stereocenters. The first-order valence-corrected chi connectivity index (χ1v) is 9.75. The maximum Gasteiger partial charge on any atom is 0.490 e. The van der Waals surface area contributed by atoms with E-state index in [2.05, 4.69) is 15.5 Å². The Bertz CT molecular complexity index is 985. The minimum Gasteiger partial charge on any atom is -0.475 e. The normalized spacial score (nSPS) is 19.8. The van der Waals surface area contributed by atoms with Crippen molar-refractivity contribution in [3.8, 4) is 0 Å². The van der Waals surface area contributed by atoms with Crippen LogP contribution in [-0.2, 0) is 9.59 Å². The average Bonchev–Trinajstić information content (AvgIpc) is 3.31. The molecule has 2 N–H and O–H groups in total. The molecule has 2 saturated heterocycles. The number of carbonyl (C=O) groups excluding carboxylic acids is 2. The molecule has 1 spiro atoms. The summed E-state index contributed by atoms with van der Waals surface area (Å²) in [4.78, 5) is 39.7. The van der Waals surface area contributed by atoms with Gasteiger partial charge in [0.05, 0.1) is 11.7 Å². The molecule has 2 aromatic heterocycles. The van der Waals surface area contributed by atoms with Gasteiger partial charge in [0, 0.05) is 37.8 Å². The van der Waals surface area contributed by atoms with E-state index in [0.717, 1.165) is 18.4 Å². The predicted octanol–water partition coefficient (Wildman–Crippen LogP) is 2.29. The van der Waals surface area contributed by atoms with Crippen molar-refractivity contribution >= 4 is 17.8 Å². The van der Waals surface area contributed by atoms with Crippen molar-refractivity contribution in [3.05, 3.63) is 47.6 Å². The molecule has 4 rings (SSSR count). The summed E-state index contributed by atoms with van der Waals surface area (Å²) in [5.74, 6) is -2.11. The number of carboxylic acids is 1. The second-order valence-electron chi connectivity index (χ2n) is 7.64. The van der Waals surface area contributed by atoms with Crippen molar-refractivity contribution in [2.24, 2.45) is 0 Å². The number of hydrogen-bond acceptors (Lipinski definition) is 6. The third-order valence-electron chi connectivity index (χ3n) is 5.70. The molecule has 0 aromatic carbocycles. The number of nitrogens with zero attached hydrogens (tertiary/aromatic N) is 3. The van der Waals surface area contributed by atoms with E-state index in [1.807, 2.05) is 23.2 Å². The topological polar surface area (TPSA) is 126 Å². The largest absolute Gasteiger partial charge is 0.490 e. The zero-order valence-electron chi connectivity index (χ0n) is 17.1. The molecule has 2 fully saturated rings. The number of carboxylic acid groups (broad SMARTS) is 1. The number of likely N-dealkylation sites (tertiary alicyclic amines) is 1. The molecule has 0 radical (unpaired) electrons. The maximum absolute atomic E-state index is 12.6. The lowest BCUT2D eigenvalue weighted by molar-refractivity contribution is -0.192. The molecule has 9 nitrogen and oxygen atoms in total. The van der Waals surface area contributed by atoms with E-state index >= 15 is 0 Å². The number of amides is 2. The van der Waals surface area contributed by atoms with Gasteiger partial charge in [-0.25, -0.2) is 4.79 Å². The molecule has 32 heavy (non-hydrogen) atoms. The van der Waals surface area contributed by atoms with Crippen LogP contribution in [0.15, 0.2) is 35.2 Å². The molecule has 2 aliphatic heterocycles. The van der Waals surface area contributed by atoms with Crippen LogP contribution in [0.1, 0.15) is 46.9 Å². The zero-order valence-corrected chi connectivity index (χ0v) is 17.1. The summed E-state index contributed by atoms with van der Waals surface area (Å²) in [5.41, 5.74) is 1.30. The molecule has 2 aliphatic rings. The van der Waals surface area contributed by atoms with Gasteiger partial charge in [-0.15, -0.1) is 0 Å². The second-order valence-corrected chi connectivity index (χ2v) is 7.64. The predicted molar refractivity (Wildman–Crippen MR) is 103 cm³/mol. The molecule has 1 unspecified atom stereocenters. The Balaban J connectivity index is 0.000000360. The van der Waals surface area contributed by atoms with Crippen LogP contribution in [-0.4, -0.2) is 62.7 Å². The molecule has 2 amide bonds. The Morgan fingerprint density at radius 3 is 2.44 bits per heavy atom. The van der Waals surface area contributed by atoms with Crippen molar-refractivity contribution in [1.29, 1.82) is 0 Å². The number of piperidine rings is 1. The Kier molecular flexibility index (Phi) is 6.51. The highest BCUT2D eigenvalue weighted by Crippen LogP contribution is 2.43. The summed E-state index contributed by atoms with van der Waals surface area (Å²) in [6, 6.07) is 3.93. The molecule has 0 bridgehead atoms. The average molecular weight is 454 g/mol. The summed E-state index contributed by atoms with van der Waals surface area (Å²) < 4.78 is 36.7. The van der Waals surface area contributed by atoms with Gasteiger partial charge < -0.3 is 19.8 Å². The van der Waals surface area contributed by atoms with Gasteiger partial charge in [-0.1, -0.05) is 11.2 Å².